The van der Waals surface area contributed by atoms with E-state index in [0.717, 1.165) is 19.3 Å². The van der Waals surface area contributed by atoms with E-state index < -0.39 is 12.0 Å². The van der Waals surface area contributed by atoms with Crippen LogP contribution in [0, 0.1) is 0 Å². The Labute approximate surface area is 210 Å². The van der Waals surface area contributed by atoms with Crippen molar-refractivity contribution in [3.63, 3.8) is 0 Å². The largest absolute Gasteiger partial charge is 1.00 e. The summed E-state index contributed by atoms with van der Waals surface area (Å²) in [5.41, 5.74) is 11.1. The quantitative estimate of drug-likeness (QED) is 0.146. The molecule has 0 bridgehead atoms. The first-order valence-corrected chi connectivity index (χ1v) is 11.6. The zero-order chi connectivity index (χ0) is 22.6. The molecule has 176 valence electrons. The molecule has 31 heavy (non-hydrogen) atoms. The molecule has 0 aromatic rings. The van der Waals surface area contributed by atoms with Gasteiger partial charge in [-0.3, -0.25) is 9.59 Å². The summed E-state index contributed by atoms with van der Waals surface area (Å²) in [6, 6.07) is -0.892. The Morgan fingerprint density at radius 2 is 1.32 bits per heavy atom. The molecule has 0 aliphatic rings. The third-order valence-corrected chi connectivity index (χ3v) is 5.14. The maximum atomic E-state index is 12.7. The summed E-state index contributed by atoms with van der Waals surface area (Å²) >= 11 is 0. The van der Waals surface area contributed by atoms with Crippen LogP contribution in [0.4, 0.5) is 0 Å². The summed E-state index contributed by atoms with van der Waals surface area (Å²) in [4.78, 5) is 37.3. The fourth-order valence-electron chi connectivity index (χ4n) is 3.42. The van der Waals surface area contributed by atoms with Crippen molar-refractivity contribution in [2.75, 3.05) is 26.2 Å². The monoisotopic (exact) mass is 450 g/mol. The van der Waals surface area contributed by atoms with Crippen LogP contribution in [0.25, 0.3) is 0 Å². The number of aliphatic carboxylic acids is 1. The van der Waals surface area contributed by atoms with Crippen molar-refractivity contribution in [1.82, 2.24) is 10.2 Å². The predicted molar refractivity (Wildman–Crippen MR) is 117 cm³/mol. The van der Waals surface area contributed by atoms with Gasteiger partial charge in [0, 0.05) is 38.6 Å². The number of amides is 2. The van der Waals surface area contributed by atoms with Crippen molar-refractivity contribution in [2.24, 2.45) is 11.5 Å². The van der Waals surface area contributed by atoms with E-state index >= 15 is 0 Å². The van der Waals surface area contributed by atoms with Gasteiger partial charge in [-0.05, 0) is 19.3 Å². The van der Waals surface area contributed by atoms with Gasteiger partial charge in [0.05, 0.1) is 0 Å². The van der Waals surface area contributed by atoms with Crippen LogP contribution >= 0.6 is 0 Å². The minimum atomic E-state index is -1.25. The Balaban J connectivity index is 0. The first kappa shape index (κ1) is 32.5. The molecule has 1 atom stereocenters. The molecule has 0 rings (SSSR count). The van der Waals surface area contributed by atoms with E-state index in [0.29, 0.717) is 19.5 Å². The van der Waals surface area contributed by atoms with E-state index in [1.807, 2.05) is 0 Å². The number of hydrogen-bond donors (Lipinski definition) is 3. The van der Waals surface area contributed by atoms with Crippen LogP contribution in [0.5, 0.6) is 0 Å². The second-order valence-electron chi connectivity index (χ2n) is 7.87. The molecule has 0 aliphatic heterocycles. The van der Waals surface area contributed by atoms with Crippen molar-refractivity contribution in [1.29, 1.82) is 0 Å². The summed E-state index contributed by atoms with van der Waals surface area (Å²) in [5, 5.41) is 13.5. The molecule has 0 spiro atoms. The van der Waals surface area contributed by atoms with Gasteiger partial charge in [0.15, 0.2) is 0 Å². The SMILES string of the molecule is CCCCCCCCCCCCC(=O)NC(CCC(=O)[O-])C(=O)N(CCN)CCN.[Na+]. The van der Waals surface area contributed by atoms with Crippen molar-refractivity contribution < 1.29 is 49.0 Å². The van der Waals surface area contributed by atoms with E-state index in [1.165, 1.54) is 49.8 Å². The smallest absolute Gasteiger partial charge is 0.550 e. The number of carboxylic acids is 1. The first-order valence-electron chi connectivity index (χ1n) is 11.6. The molecule has 9 heteroatoms. The van der Waals surface area contributed by atoms with Gasteiger partial charge in [0.25, 0.3) is 0 Å². The zero-order valence-corrected chi connectivity index (χ0v) is 21.8. The third kappa shape index (κ3) is 18.6. The zero-order valence-electron chi connectivity index (χ0n) is 19.8. The number of nitrogens with two attached hydrogens (primary N) is 2. The molecule has 8 nitrogen and oxygen atoms in total. The number of carbonyl (C=O) groups is 3. The van der Waals surface area contributed by atoms with E-state index in [4.69, 9.17) is 11.5 Å². The van der Waals surface area contributed by atoms with E-state index in [1.54, 1.807) is 0 Å². The Kier molecular flexibility index (Phi) is 23.6. The van der Waals surface area contributed by atoms with Gasteiger partial charge >= 0.3 is 29.6 Å². The first-order chi connectivity index (χ1) is 14.5. The summed E-state index contributed by atoms with van der Waals surface area (Å²) in [6.07, 6.45) is 11.8. The average molecular weight is 451 g/mol. The Morgan fingerprint density at radius 3 is 1.77 bits per heavy atom. The average Bonchev–Trinajstić information content (AvgIpc) is 2.71. The van der Waals surface area contributed by atoms with Gasteiger partial charge < -0.3 is 31.6 Å². The molecule has 0 fully saturated rings. The number of hydrogen-bond acceptors (Lipinski definition) is 6. The number of carbonyl (C=O) groups excluding carboxylic acids is 3. The second-order valence-corrected chi connectivity index (χ2v) is 7.87. The molecule has 0 aromatic carbocycles. The van der Waals surface area contributed by atoms with E-state index in [2.05, 4.69) is 12.2 Å². The molecule has 0 aromatic heterocycles. The van der Waals surface area contributed by atoms with Gasteiger partial charge in [-0.1, -0.05) is 64.7 Å². The van der Waals surface area contributed by atoms with E-state index in [9.17, 15) is 19.5 Å². The van der Waals surface area contributed by atoms with Gasteiger partial charge in [-0.25, -0.2) is 0 Å². The number of nitrogens with zero attached hydrogens (tertiary/aromatic N) is 1. The molecule has 2 amide bonds. The summed E-state index contributed by atoms with van der Waals surface area (Å²) < 4.78 is 0. The molecule has 0 radical (unpaired) electrons. The van der Waals surface area contributed by atoms with Crippen LogP contribution < -0.4 is 51.4 Å². The molecule has 5 N–H and O–H groups in total. The van der Waals surface area contributed by atoms with E-state index in [-0.39, 0.29) is 67.3 Å². The van der Waals surface area contributed by atoms with Crippen molar-refractivity contribution in [2.45, 2.75) is 96.4 Å². The van der Waals surface area contributed by atoms with Gasteiger partial charge in [-0.15, -0.1) is 0 Å². The molecule has 0 saturated carbocycles. The minimum absolute atomic E-state index is 0. The fraction of sp³-hybridized carbons (Fsp3) is 0.864. The van der Waals surface area contributed by atoms with Gasteiger partial charge in [0.1, 0.15) is 6.04 Å². The van der Waals surface area contributed by atoms with Crippen molar-refractivity contribution in [3.05, 3.63) is 0 Å². The number of carboxylic acid groups (broad SMARTS) is 1. The second kappa shape index (κ2) is 22.5. The standard InChI is InChI=1S/C22H44N4O4.Na/c1-2-3-4-5-6-7-8-9-10-11-12-20(27)25-19(13-14-21(28)29)22(30)26(17-15-23)18-16-24;/h19H,2-18,23-24H2,1H3,(H,25,27)(H,28,29);/q;+1/p-1. The van der Waals surface area contributed by atoms with Crippen LogP contribution in [-0.4, -0.2) is 54.9 Å². The molecule has 1 unspecified atom stereocenters. The van der Waals surface area contributed by atoms with Gasteiger partial charge in [0.2, 0.25) is 11.8 Å². The third-order valence-electron chi connectivity index (χ3n) is 5.14. The fourth-order valence-corrected chi connectivity index (χ4v) is 3.42. The van der Waals surface area contributed by atoms with Crippen molar-refractivity contribution >= 4 is 17.8 Å². The summed E-state index contributed by atoms with van der Waals surface area (Å²) in [7, 11) is 0. The predicted octanol–water partition coefficient (Wildman–Crippen LogP) is -1.94. The number of unbranched alkanes of at least 4 members (excludes halogenated alkanes) is 9. The minimum Gasteiger partial charge on any atom is -0.550 e. The maximum Gasteiger partial charge on any atom is 1.00 e. The van der Waals surface area contributed by atoms with Crippen LogP contribution in [0.15, 0.2) is 0 Å². The number of nitrogens with one attached hydrogen (secondary N) is 1. The normalized spacial score (nSPS) is 11.5. The maximum absolute atomic E-state index is 12.7. The Morgan fingerprint density at radius 1 is 0.839 bits per heavy atom. The molecular formula is C22H43N4NaO4. The van der Waals surface area contributed by atoms with Crippen LogP contribution in [-0.2, 0) is 14.4 Å². The van der Waals surface area contributed by atoms with Gasteiger partial charge in [-0.2, -0.15) is 0 Å². The molecular weight excluding hydrogens is 407 g/mol. The number of rotatable bonds is 20. The summed E-state index contributed by atoms with van der Waals surface area (Å²) in [5.74, 6) is -1.82. The van der Waals surface area contributed by atoms with Crippen molar-refractivity contribution in [3.8, 4) is 0 Å². The van der Waals surface area contributed by atoms with Crippen LogP contribution in [0.2, 0.25) is 0 Å². The Bertz CT molecular complexity index is 474. The molecule has 0 saturated heterocycles. The van der Waals surface area contributed by atoms with Crippen LogP contribution in [0.3, 0.4) is 0 Å². The molecule has 0 heterocycles. The molecule has 0 aliphatic carbocycles. The van der Waals surface area contributed by atoms with Crippen LogP contribution in [0.1, 0.15) is 90.4 Å². The topological polar surface area (TPSA) is 142 Å². The Hall–Kier alpha value is -0.670. The summed E-state index contributed by atoms with van der Waals surface area (Å²) in [6.45, 7) is 3.38.